The minimum Gasteiger partial charge on any atom is -0.406 e. The van der Waals surface area contributed by atoms with Crippen LogP contribution in [0, 0.1) is 0 Å². The van der Waals surface area contributed by atoms with Gasteiger partial charge in [0.2, 0.25) is 11.8 Å². The first kappa shape index (κ1) is 19.6. The molecule has 1 aliphatic heterocycles. The van der Waals surface area contributed by atoms with Crippen molar-refractivity contribution >= 4 is 40.4 Å². The Labute approximate surface area is 160 Å². The molecule has 0 radical (unpaired) electrons. The van der Waals surface area contributed by atoms with Crippen LogP contribution in [0.15, 0.2) is 47.7 Å². The summed E-state index contributed by atoms with van der Waals surface area (Å²) in [7, 11) is 0. The standard InChI is InChI=1S/C16H12F3N5O3S/c17-16(18,19)27-10-4-2-9(3-5-10)22-12(25)8-11-13(26)23-15(28-11)24-14-20-6-1-7-21-14/h1-7,11H,8H2,(H,22,25)(H,20,21,23,24,26). The van der Waals surface area contributed by atoms with E-state index in [-0.39, 0.29) is 29.1 Å². The number of amides is 2. The van der Waals surface area contributed by atoms with Crippen LogP contribution in [-0.4, -0.2) is 38.6 Å². The fraction of sp³-hybridized carbons (Fsp3) is 0.188. The molecule has 8 nitrogen and oxygen atoms in total. The number of alkyl halides is 3. The summed E-state index contributed by atoms with van der Waals surface area (Å²) in [6.45, 7) is 0. The van der Waals surface area contributed by atoms with Gasteiger partial charge in [0.25, 0.3) is 5.95 Å². The number of carbonyl (C=O) groups is 2. The summed E-state index contributed by atoms with van der Waals surface area (Å²) in [6.07, 6.45) is -1.93. The maximum absolute atomic E-state index is 12.1. The molecular weight excluding hydrogens is 399 g/mol. The average Bonchev–Trinajstić information content (AvgIpc) is 2.95. The van der Waals surface area contributed by atoms with Crippen molar-refractivity contribution in [3.8, 4) is 5.75 Å². The zero-order valence-corrected chi connectivity index (χ0v) is 14.8. The fourth-order valence-corrected chi connectivity index (χ4v) is 3.12. The summed E-state index contributed by atoms with van der Waals surface area (Å²) in [4.78, 5) is 36.0. The van der Waals surface area contributed by atoms with Crippen molar-refractivity contribution in [3.63, 3.8) is 0 Å². The summed E-state index contributed by atoms with van der Waals surface area (Å²) in [5, 5.41) is 4.63. The van der Waals surface area contributed by atoms with Crippen LogP contribution in [0.3, 0.4) is 0 Å². The largest absolute Gasteiger partial charge is 0.573 e. The number of nitrogens with one attached hydrogen (secondary N) is 2. The maximum atomic E-state index is 12.1. The molecule has 1 aromatic heterocycles. The van der Waals surface area contributed by atoms with E-state index >= 15 is 0 Å². The third-order valence-electron chi connectivity index (χ3n) is 3.27. The van der Waals surface area contributed by atoms with E-state index in [1.165, 1.54) is 24.5 Å². The number of aliphatic imine (C=N–C) groups is 1. The predicted octanol–water partition coefficient (Wildman–Crippen LogP) is 2.62. The Morgan fingerprint density at radius 1 is 1.25 bits per heavy atom. The van der Waals surface area contributed by atoms with Crippen LogP contribution in [0.4, 0.5) is 24.8 Å². The quantitative estimate of drug-likeness (QED) is 0.784. The lowest BCUT2D eigenvalue weighted by Crippen LogP contribution is -2.28. The molecule has 2 heterocycles. The first-order valence-corrected chi connectivity index (χ1v) is 8.65. The van der Waals surface area contributed by atoms with Crippen LogP contribution in [0.2, 0.25) is 0 Å². The van der Waals surface area contributed by atoms with Crippen LogP contribution in [0.1, 0.15) is 6.42 Å². The number of amidine groups is 1. The topological polar surface area (TPSA) is 106 Å². The predicted molar refractivity (Wildman–Crippen MR) is 95.0 cm³/mol. The molecule has 0 saturated carbocycles. The number of ether oxygens (including phenoxy) is 1. The van der Waals surface area contributed by atoms with Gasteiger partial charge in [-0.1, -0.05) is 11.8 Å². The van der Waals surface area contributed by atoms with Crippen molar-refractivity contribution in [2.45, 2.75) is 18.0 Å². The minimum absolute atomic E-state index is 0.147. The van der Waals surface area contributed by atoms with Gasteiger partial charge >= 0.3 is 6.36 Å². The Kier molecular flexibility index (Phi) is 5.78. The monoisotopic (exact) mass is 411 g/mol. The Bertz CT molecular complexity index is 891. The molecule has 1 fully saturated rings. The van der Waals surface area contributed by atoms with Gasteiger partial charge < -0.3 is 15.4 Å². The second kappa shape index (κ2) is 8.25. The van der Waals surface area contributed by atoms with Gasteiger partial charge in [-0.05, 0) is 30.3 Å². The van der Waals surface area contributed by atoms with E-state index in [1.807, 2.05) is 0 Å². The Hall–Kier alpha value is -3.15. The number of thioether (sulfide) groups is 1. The smallest absolute Gasteiger partial charge is 0.406 e. The third-order valence-corrected chi connectivity index (χ3v) is 4.35. The second-order valence-electron chi connectivity index (χ2n) is 5.39. The average molecular weight is 411 g/mol. The number of hydrogen-bond acceptors (Lipinski definition) is 7. The van der Waals surface area contributed by atoms with Crippen molar-refractivity contribution in [1.82, 2.24) is 15.3 Å². The van der Waals surface area contributed by atoms with Crippen LogP contribution in [0.5, 0.6) is 5.75 Å². The van der Waals surface area contributed by atoms with Gasteiger partial charge in [-0.15, -0.1) is 13.2 Å². The molecule has 1 saturated heterocycles. The highest BCUT2D eigenvalue weighted by Crippen LogP contribution is 2.26. The number of anilines is 1. The molecule has 12 heteroatoms. The third kappa shape index (κ3) is 5.67. The van der Waals surface area contributed by atoms with E-state index in [2.05, 4.69) is 30.3 Å². The van der Waals surface area contributed by atoms with E-state index in [0.29, 0.717) is 0 Å². The number of aromatic nitrogens is 2. The van der Waals surface area contributed by atoms with Crippen LogP contribution in [-0.2, 0) is 9.59 Å². The molecule has 28 heavy (non-hydrogen) atoms. The Balaban J connectivity index is 1.55. The molecule has 2 N–H and O–H groups in total. The summed E-state index contributed by atoms with van der Waals surface area (Å²) in [5.41, 5.74) is 0.273. The summed E-state index contributed by atoms with van der Waals surface area (Å²) < 4.78 is 40.2. The zero-order chi connectivity index (χ0) is 20.1. The van der Waals surface area contributed by atoms with Gasteiger partial charge in [0.05, 0.1) is 0 Å². The first-order valence-electron chi connectivity index (χ1n) is 7.77. The van der Waals surface area contributed by atoms with E-state index in [9.17, 15) is 22.8 Å². The number of hydrogen-bond donors (Lipinski definition) is 2. The van der Waals surface area contributed by atoms with Crippen molar-refractivity contribution in [1.29, 1.82) is 0 Å². The molecule has 2 aromatic rings. The van der Waals surface area contributed by atoms with Crippen molar-refractivity contribution in [2.75, 3.05) is 5.32 Å². The first-order chi connectivity index (χ1) is 13.3. The molecule has 1 aromatic carbocycles. The molecule has 1 aliphatic rings. The second-order valence-corrected chi connectivity index (χ2v) is 6.58. The lowest BCUT2D eigenvalue weighted by Gasteiger charge is -2.10. The molecule has 3 rings (SSSR count). The number of benzene rings is 1. The van der Waals surface area contributed by atoms with Crippen molar-refractivity contribution in [2.24, 2.45) is 4.99 Å². The van der Waals surface area contributed by atoms with Gasteiger partial charge in [0, 0.05) is 24.5 Å². The van der Waals surface area contributed by atoms with Gasteiger partial charge in [-0.2, -0.15) is 4.99 Å². The van der Waals surface area contributed by atoms with Gasteiger partial charge in [-0.25, -0.2) is 9.97 Å². The number of halogens is 3. The Morgan fingerprint density at radius 2 is 1.93 bits per heavy atom. The maximum Gasteiger partial charge on any atom is 0.573 e. The van der Waals surface area contributed by atoms with Crippen LogP contribution in [0.25, 0.3) is 0 Å². The van der Waals surface area contributed by atoms with Gasteiger partial charge in [0.15, 0.2) is 5.17 Å². The summed E-state index contributed by atoms with van der Waals surface area (Å²) in [5.74, 6) is -1.09. The molecule has 0 aliphatic carbocycles. The number of rotatable bonds is 5. The molecule has 1 atom stereocenters. The number of nitrogens with zero attached hydrogens (tertiary/aromatic N) is 3. The van der Waals surface area contributed by atoms with Crippen molar-refractivity contribution in [3.05, 3.63) is 42.7 Å². The molecule has 0 spiro atoms. The van der Waals surface area contributed by atoms with E-state index < -0.39 is 23.3 Å². The van der Waals surface area contributed by atoms with E-state index in [4.69, 9.17) is 0 Å². The highest BCUT2D eigenvalue weighted by molar-refractivity contribution is 8.15. The molecule has 0 bridgehead atoms. The van der Waals surface area contributed by atoms with E-state index in [1.54, 1.807) is 6.07 Å². The molecule has 2 amide bonds. The SMILES string of the molecule is O=C(CC1S/C(=N\c2ncccn2)NC1=O)Nc1ccc(OC(F)(F)F)cc1. The lowest BCUT2D eigenvalue weighted by molar-refractivity contribution is -0.274. The van der Waals surface area contributed by atoms with Gasteiger partial charge in [0.1, 0.15) is 11.0 Å². The van der Waals surface area contributed by atoms with Gasteiger partial charge in [-0.3, -0.25) is 9.59 Å². The summed E-state index contributed by atoms with van der Waals surface area (Å²) >= 11 is 1.06. The zero-order valence-electron chi connectivity index (χ0n) is 13.9. The highest BCUT2D eigenvalue weighted by atomic mass is 32.2. The lowest BCUT2D eigenvalue weighted by atomic mass is 10.2. The normalized spacial score (nSPS) is 18.0. The minimum atomic E-state index is -4.79. The molecular formula is C16H12F3N5O3S. The van der Waals surface area contributed by atoms with Crippen LogP contribution >= 0.6 is 11.8 Å². The van der Waals surface area contributed by atoms with Crippen molar-refractivity contribution < 1.29 is 27.5 Å². The summed E-state index contributed by atoms with van der Waals surface area (Å²) in [6, 6.07) is 6.30. The fourth-order valence-electron chi connectivity index (χ4n) is 2.15. The molecule has 146 valence electrons. The van der Waals surface area contributed by atoms with Crippen LogP contribution < -0.4 is 15.4 Å². The highest BCUT2D eigenvalue weighted by Gasteiger charge is 2.33. The van der Waals surface area contributed by atoms with E-state index in [0.717, 1.165) is 23.9 Å². The molecule has 1 unspecified atom stereocenters. The number of carbonyl (C=O) groups excluding carboxylic acids is 2. The Morgan fingerprint density at radius 3 is 2.57 bits per heavy atom.